The minimum atomic E-state index is -0.0907. The highest BCUT2D eigenvalue weighted by molar-refractivity contribution is 6.36. The van der Waals surface area contributed by atoms with Gasteiger partial charge >= 0.3 is 0 Å². The number of carbonyl (C=O) groups is 1. The van der Waals surface area contributed by atoms with Crippen LogP contribution in [0.4, 0.5) is 0 Å². The van der Waals surface area contributed by atoms with Gasteiger partial charge in [0.15, 0.2) is 5.78 Å². The Morgan fingerprint density at radius 3 is 2.84 bits per heavy atom. The highest BCUT2D eigenvalue weighted by Crippen LogP contribution is 2.22. The summed E-state index contributed by atoms with van der Waals surface area (Å²) in [4.78, 5) is 16.3. The summed E-state index contributed by atoms with van der Waals surface area (Å²) in [6.07, 6.45) is 2.58. The predicted molar refractivity (Wildman–Crippen MR) is 74.8 cm³/mol. The monoisotopic (exact) mass is 297 g/mol. The lowest BCUT2D eigenvalue weighted by atomic mass is 10.1. The maximum absolute atomic E-state index is 12.2. The molecule has 0 aliphatic rings. The average Bonchev–Trinajstić information content (AvgIpc) is 2.77. The van der Waals surface area contributed by atoms with Gasteiger partial charge in [-0.3, -0.25) is 4.79 Å². The first-order chi connectivity index (χ1) is 9.11. The summed E-state index contributed by atoms with van der Waals surface area (Å²) in [5.41, 5.74) is 0.456. The van der Waals surface area contributed by atoms with Gasteiger partial charge in [0.1, 0.15) is 12.2 Å². The molecule has 2 aromatic rings. The standard InChI is InChI=1S/C13H13Cl2N3O/c1-2-5-18-13(16-8-17-18)7-12(19)10-4-3-9(14)6-11(10)15/h3-4,6,8H,2,5,7H2,1H3. The van der Waals surface area contributed by atoms with Crippen LogP contribution in [0.15, 0.2) is 24.5 Å². The molecule has 0 fully saturated rings. The van der Waals surface area contributed by atoms with Gasteiger partial charge in [0.05, 0.1) is 11.4 Å². The van der Waals surface area contributed by atoms with Gasteiger partial charge in [0, 0.05) is 17.1 Å². The van der Waals surface area contributed by atoms with Crippen LogP contribution < -0.4 is 0 Å². The number of benzene rings is 1. The molecule has 0 spiro atoms. The molecular formula is C13H13Cl2N3O. The third-order valence-electron chi connectivity index (χ3n) is 2.68. The summed E-state index contributed by atoms with van der Waals surface area (Å²) >= 11 is 11.8. The Kier molecular flexibility index (Phi) is 4.56. The molecule has 19 heavy (non-hydrogen) atoms. The van der Waals surface area contributed by atoms with E-state index >= 15 is 0 Å². The van der Waals surface area contributed by atoms with E-state index in [1.54, 1.807) is 22.9 Å². The smallest absolute Gasteiger partial charge is 0.171 e. The molecule has 2 rings (SSSR count). The summed E-state index contributed by atoms with van der Waals surface area (Å²) in [5.74, 6) is 0.560. The molecule has 0 N–H and O–H groups in total. The second-order valence-corrected chi connectivity index (χ2v) is 4.97. The highest BCUT2D eigenvalue weighted by atomic mass is 35.5. The van der Waals surface area contributed by atoms with Crippen LogP contribution in [0.3, 0.4) is 0 Å². The van der Waals surface area contributed by atoms with Crippen molar-refractivity contribution < 1.29 is 4.79 Å². The van der Waals surface area contributed by atoms with Crippen LogP contribution in [0.5, 0.6) is 0 Å². The molecule has 0 atom stereocenters. The van der Waals surface area contributed by atoms with Gasteiger partial charge in [-0.2, -0.15) is 5.10 Å². The Balaban J connectivity index is 2.18. The zero-order valence-corrected chi connectivity index (χ0v) is 11.9. The molecule has 6 heteroatoms. The van der Waals surface area contributed by atoms with Crippen LogP contribution in [0.2, 0.25) is 10.0 Å². The second-order valence-electron chi connectivity index (χ2n) is 4.12. The van der Waals surface area contributed by atoms with Gasteiger partial charge in [-0.05, 0) is 24.6 Å². The minimum Gasteiger partial charge on any atom is -0.294 e. The first kappa shape index (κ1) is 14.0. The van der Waals surface area contributed by atoms with Crippen LogP contribution in [-0.4, -0.2) is 20.5 Å². The molecule has 0 unspecified atom stereocenters. The molecule has 0 saturated carbocycles. The van der Waals surface area contributed by atoms with Gasteiger partial charge in [-0.15, -0.1) is 0 Å². The van der Waals surface area contributed by atoms with E-state index in [1.807, 2.05) is 6.92 Å². The number of hydrogen-bond donors (Lipinski definition) is 0. The number of carbonyl (C=O) groups excluding carboxylic acids is 1. The van der Waals surface area contributed by atoms with Crippen molar-refractivity contribution in [2.45, 2.75) is 26.3 Å². The van der Waals surface area contributed by atoms with Crippen LogP contribution in [0.25, 0.3) is 0 Å². The number of halogens is 2. The largest absolute Gasteiger partial charge is 0.294 e. The molecule has 0 saturated heterocycles. The maximum atomic E-state index is 12.2. The number of Topliss-reactive ketones (excluding diaryl/α,β-unsaturated/α-hetero) is 1. The van der Waals surface area contributed by atoms with Crippen LogP contribution in [-0.2, 0) is 13.0 Å². The van der Waals surface area contributed by atoms with Gasteiger partial charge in [-0.1, -0.05) is 30.1 Å². The molecule has 1 aromatic carbocycles. The minimum absolute atomic E-state index is 0.0907. The van der Waals surface area contributed by atoms with Crippen molar-refractivity contribution in [3.05, 3.63) is 46.0 Å². The summed E-state index contributed by atoms with van der Waals surface area (Å²) in [5, 5.41) is 4.96. The zero-order valence-electron chi connectivity index (χ0n) is 10.4. The Morgan fingerprint density at radius 2 is 2.16 bits per heavy atom. The number of hydrogen-bond acceptors (Lipinski definition) is 3. The van der Waals surface area contributed by atoms with Crippen molar-refractivity contribution in [3.63, 3.8) is 0 Å². The SMILES string of the molecule is CCCn1ncnc1CC(=O)c1ccc(Cl)cc1Cl. The molecule has 0 aliphatic carbocycles. The fourth-order valence-electron chi connectivity index (χ4n) is 1.78. The Hall–Kier alpha value is -1.39. The third-order valence-corrected chi connectivity index (χ3v) is 3.23. The molecule has 0 radical (unpaired) electrons. The predicted octanol–water partition coefficient (Wildman–Crippen LogP) is 3.42. The van der Waals surface area contributed by atoms with Gasteiger partial charge in [-0.25, -0.2) is 9.67 Å². The summed E-state index contributed by atoms with van der Waals surface area (Å²) < 4.78 is 1.74. The first-order valence-corrected chi connectivity index (χ1v) is 6.72. The van der Waals surface area contributed by atoms with Gasteiger partial charge < -0.3 is 0 Å². The van der Waals surface area contributed by atoms with Crippen molar-refractivity contribution in [1.29, 1.82) is 0 Å². The fraction of sp³-hybridized carbons (Fsp3) is 0.308. The summed E-state index contributed by atoms with van der Waals surface area (Å²) in [6, 6.07) is 4.85. The Labute approximate surface area is 121 Å². The molecule has 0 bridgehead atoms. The molecule has 0 amide bonds. The molecule has 0 aliphatic heterocycles. The number of aryl methyl sites for hydroxylation is 1. The molecule has 4 nitrogen and oxygen atoms in total. The summed E-state index contributed by atoms with van der Waals surface area (Å²) in [6.45, 7) is 2.79. The quantitative estimate of drug-likeness (QED) is 0.795. The zero-order chi connectivity index (χ0) is 13.8. The molecule has 1 heterocycles. The lowest BCUT2D eigenvalue weighted by Gasteiger charge is -2.05. The van der Waals surface area contributed by atoms with Crippen LogP contribution in [0.1, 0.15) is 29.5 Å². The van der Waals surface area contributed by atoms with Crippen molar-refractivity contribution in [1.82, 2.24) is 14.8 Å². The number of aromatic nitrogens is 3. The fourth-order valence-corrected chi connectivity index (χ4v) is 2.29. The Bertz CT molecular complexity index is 595. The number of nitrogens with zero attached hydrogens (tertiary/aromatic N) is 3. The second kappa shape index (κ2) is 6.17. The van der Waals surface area contributed by atoms with Crippen LogP contribution in [0, 0.1) is 0 Å². The first-order valence-electron chi connectivity index (χ1n) is 5.96. The molecule has 1 aromatic heterocycles. The summed E-state index contributed by atoms with van der Waals surface area (Å²) in [7, 11) is 0. The molecule has 100 valence electrons. The van der Waals surface area contributed by atoms with E-state index in [9.17, 15) is 4.79 Å². The topological polar surface area (TPSA) is 47.8 Å². The van der Waals surface area contributed by atoms with E-state index in [1.165, 1.54) is 6.33 Å². The highest BCUT2D eigenvalue weighted by Gasteiger charge is 2.14. The van der Waals surface area contributed by atoms with Crippen molar-refractivity contribution in [2.24, 2.45) is 0 Å². The van der Waals surface area contributed by atoms with E-state index in [4.69, 9.17) is 23.2 Å². The Morgan fingerprint density at radius 1 is 1.37 bits per heavy atom. The van der Waals surface area contributed by atoms with Crippen LogP contribution >= 0.6 is 23.2 Å². The maximum Gasteiger partial charge on any atom is 0.171 e. The van der Waals surface area contributed by atoms with Crippen molar-refractivity contribution >= 4 is 29.0 Å². The van der Waals surface area contributed by atoms with E-state index in [2.05, 4.69) is 10.1 Å². The normalized spacial score (nSPS) is 10.7. The lowest BCUT2D eigenvalue weighted by molar-refractivity contribution is 0.0989. The van der Waals surface area contributed by atoms with E-state index in [-0.39, 0.29) is 12.2 Å². The van der Waals surface area contributed by atoms with Gasteiger partial charge in [0.2, 0.25) is 0 Å². The van der Waals surface area contributed by atoms with E-state index in [0.717, 1.165) is 13.0 Å². The molecular weight excluding hydrogens is 285 g/mol. The number of rotatable bonds is 5. The van der Waals surface area contributed by atoms with Crippen molar-refractivity contribution in [3.8, 4) is 0 Å². The number of ketones is 1. The van der Waals surface area contributed by atoms with Gasteiger partial charge in [0.25, 0.3) is 0 Å². The van der Waals surface area contributed by atoms with E-state index in [0.29, 0.717) is 21.4 Å². The third kappa shape index (κ3) is 3.33. The average molecular weight is 298 g/mol. The van der Waals surface area contributed by atoms with E-state index < -0.39 is 0 Å². The lowest BCUT2D eigenvalue weighted by Crippen LogP contribution is -2.12. The van der Waals surface area contributed by atoms with Crippen molar-refractivity contribution in [2.75, 3.05) is 0 Å².